The third-order valence-corrected chi connectivity index (χ3v) is 5.97. The highest BCUT2D eigenvalue weighted by molar-refractivity contribution is 5.89. The maximum atomic E-state index is 15.3. The van der Waals surface area contributed by atoms with Crippen molar-refractivity contribution in [3.8, 4) is 22.3 Å². The van der Waals surface area contributed by atoms with Crippen molar-refractivity contribution in [2.45, 2.75) is 46.0 Å². The van der Waals surface area contributed by atoms with Crippen LogP contribution in [0.1, 0.15) is 43.7 Å². The summed E-state index contributed by atoms with van der Waals surface area (Å²) in [6, 6.07) is 22.5. The Labute approximate surface area is 183 Å². The van der Waals surface area contributed by atoms with Crippen molar-refractivity contribution in [1.82, 2.24) is 0 Å². The molecule has 0 N–H and O–H groups in total. The zero-order valence-corrected chi connectivity index (χ0v) is 18.2. The second kappa shape index (κ2) is 9.43. The van der Waals surface area contributed by atoms with Gasteiger partial charge >= 0.3 is 0 Å². The summed E-state index contributed by atoms with van der Waals surface area (Å²) in [4.78, 5) is 0. The molecular formula is C29H28F2. The van der Waals surface area contributed by atoms with Gasteiger partial charge in [0.05, 0.1) is 0 Å². The van der Waals surface area contributed by atoms with Gasteiger partial charge in [-0.3, -0.25) is 0 Å². The summed E-state index contributed by atoms with van der Waals surface area (Å²) in [5.74, 6) is -0.445. The van der Waals surface area contributed by atoms with Crippen molar-refractivity contribution < 1.29 is 8.78 Å². The third-order valence-electron chi connectivity index (χ3n) is 5.97. The van der Waals surface area contributed by atoms with Gasteiger partial charge in [0, 0.05) is 16.5 Å². The first-order valence-corrected chi connectivity index (χ1v) is 11.1. The quantitative estimate of drug-likeness (QED) is 0.265. The van der Waals surface area contributed by atoms with Gasteiger partial charge in [-0.15, -0.1) is 0 Å². The Morgan fingerprint density at radius 3 is 2.10 bits per heavy atom. The molecule has 0 amide bonds. The first-order valence-electron chi connectivity index (χ1n) is 11.1. The number of rotatable bonds is 7. The maximum absolute atomic E-state index is 15.3. The molecule has 31 heavy (non-hydrogen) atoms. The van der Waals surface area contributed by atoms with Gasteiger partial charge in [-0.05, 0) is 53.5 Å². The lowest BCUT2D eigenvalue weighted by molar-refractivity contribution is 0.630. The summed E-state index contributed by atoms with van der Waals surface area (Å²) in [5.41, 5.74) is 4.86. The van der Waals surface area contributed by atoms with E-state index in [1.807, 2.05) is 61.5 Å². The molecule has 4 rings (SSSR count). The maximum Gasteiger partial charge on any atom is 0.138 e. The van der Waals surface area contributed by atoms with Crippen molar-refractivity contribution in [1.29, 1.82) is 0 Å². The molecule has 0 aromatic heterocycles. The van der Waals surface area contributed by atoms with Gasteiger partial charge in [-0.25, -0.2) is 8.78 Å². The summed E-state index contributed by atoms with van der Waals surface area (Å²) in [7, 11) is 0. The van der Waals surface area contributed by atoms with E-state index in [2.05, 4.69) is 13.0 Å². The van der Waals surface area contributed by atoms with E-state index in [9.17, 15) is 4.39 Å². The van der Waals surface area contributed by atoms with Crippen LogP contribution in [0.25, 0.3) is 33.0 Å². The molecule has 4 aromatic rings. The highest BCUT2D eigenvalue weighted by Gasteiger charge is 2.11. The fourth-order valence-electron chi connectivity index (χ4n) is 4.16. The molecule has 0 unspecified atom stereocenters. The predicted octanol–water partition coefficient (Wildman–Crippen LogP) is 8.88. The molecule has 0 aliphatic heterocycles. The normalized spacial score (nSPS) is 11.2. The SMILES string of the molecule is CCCCCCc1ccc2c(F)c(-c3ccc(-c4ccc(C)cc4F)cc3)ccc2c1. The fraction of sp³-hybridized carbons (Fsp3) is 0.241. The van der Waals surface area contributed by atoms with Gasteiger partial charge in [0.2, 0.25) is 0 Å². The van der Waals surface area contributed by atoms with E-state index in [0.717, 1.165) is 28.5 Å². The molecule has 0 atom stereocenters. The number of fused-ring (bicyclic) bond motifs is 1. The van der Waals surface area contributed by atoms with Crippen LogP contribution in [-0.2, 0) is 6.42 Å². The van der Waals surface area contributed by atoms with E-state index < -0.39 is 0 Å². The molecule has 0 saturated carbocycles. The average Bonchev–Trinajstić information content (AvgIpc) is 2.77. The van der Waals surface area contributed by atoms with Gasteiger partial charge < -0.3 is 0 Å². The number of hydrogen-bond acceptors (Lipinski definition) is 0. The molecule has 2 heteroatoms. The molecule has 0 spiro atoms. The molecule has 0 bridgehead atoms. The van der Waals surface area contributed by atoms with E-state index in [0.29, 0.717) is 16.5 Å². The Bertz CT molecular complexity index is 1190. The number of hydrogen-bond donors (Lipinski definition) is 0. The largest absolute Gasteiger partial charge is 0.206 e. The van der Waals surface area contributed by atoms with Gasteiger partial charge in [0.25, 0.3) is 0 Å². The van der Waals surface area contributed by atoms with Crippen molar-refractivity contribution in [3.05, 3.63) is 95.6 Å². The minimum absolute atomic E-state index is 0.204. The molecule has 0 aliphatic rings. The number of halogens is 2. The van der Waals surface area contributed by atoms with Crippen molar-refractivity contribution >= 4 is 10.8 Å². The zero-order valence-electron chi connectivity index (χ0n) is 18.2. The van der Waals surface area contributed by atoms with Gasteiger partial charge in [0.15, 0.2) is 0 Å². The summed E-state index contributed by atoms with van der Waals surface area (Å²) in [6.45, 7) is 4.08. The monoisotopic (exact) mass is 414 g/mol. The van der Waals surface area contributed by atoms with Crippen LogP contribution in [0.5, 0.6) is 0 Å². The van der Waals surface area contributed by atoms with Crippen molar-refractivity contribution in [2.24, 2.45) is 0 Å². The van der Waals surface area contributed by atoms with E-state index in [1.165, 1.54) is 37.3 Å². The Kier molecular flexibility index (Phi) is 6.46. The number of unbranched alkanes of at least 4 members (excludes halogenated alkanes) is 3. The lowest BCUT2D eigenvalue weighted by Crippen LogP contribution is -1.91. The topological polar surface area (TPSA) is 0 Å². The summed E-state index contributed by atoms with van der Waals surface area (Å²) in [6.07, 6.45) is 5.95. The van der Waals surface area contributed by atoms with Gasteiger partial charge in [0.1, 0.15) is 11.6 Å². The van der Waals surface area contributed by atoms with Crippen LogP contribution < -0.4 is 0 Å². The first kappa shape index (κ1) is 21.2. The second-order valence-corrected chi connectivity index (χ2v) is 8.35. The average molecular weight is 415 g/mol. The summed E-state index contributed by atoms with van der Waals surface area (Å²) in [5, 5.41) is 1.58. The Morgan fingerprint density at radius 1 is 0.677 bits per heavy atom. The predicted molar refractivity (Wildman–Crippen MR) is 127 cm³/mol. The Morgan fingerprint density at radius 2 is 1.39 bits per heavy atom. The minimum Gasteiger partial charge on any atom is -0.206 e. The highest BCUT2D eigenvalue weighted by Crippen LogP contribution is 2.32. The molecule has 0 radical (unpaired) electrons. The molecule has 158 valence electrons. The molecule has 0 nitrogen and oxygen atoms in total. The van der Waals surface area contributed by atoms with E-state index in [4.69, 9.17) is 0 Å². The van der Waals surface area contributed by atoms with Crippen LogP contribution in [0.2, 0.25) is 0 Å². The molecule has 0 aliphatic carbocycles. The van der Waals surface area contributed by atoms with Crippen LogP contribution in [0.15, 0.2) is 72.8 Å². The summed E-state index contributed by atoms with van der Waals surface area (Å²) < 4.78 is 29.6. The van der Waals surface area contributed by atoms with Crippen LogP contribution >= 0.6 is 0 Å². The van der Waals surface area contributed by atoms with Crippen LogP contribution in [0.4, 0.5) is 8.78 Å². The van der Waals surface area contributed by atoms with Crippen molar-refractivity contribution in [2.75, 3.05) is 0 Å². The fourth-order valence-corrected chi connectivity index (χ4v) is 4.16. The van der Waals surface area contributed by atoms with Crippen LogP contribution in [0.3, 0.4) is 0 Å². The third kappa shape index (κ3) is 4.69. The smallest absolute Gasteiger partial charge is 0.138 e. The number of benzene rings is 4. The van der Waals surface area contributed by atoms with Gasteiger partial charge in [-0.1, -0.05) is 92.9 Å². The molecule has 4 aromatic carbocycles. The van der Waals surface area contributed by atoms with E-state index >= 15 is 4.39 Å². The molecule has 0 heterocycles. The first-order chi connectivity index (χ1) is 15.1. The van der Waals surface area contributed by atoms with Crippen LogP contribution in [0, 0.1) is 18.6 Å². The Hall–Kier alpha value is -3.00. The van der Waals surface area contributed by atoms with E-state index in [-0.39, 0.29) is 11.6 Å². The second-order valence-electron chi connectivity index (χ2n) is 8.35. The highest BCUT2D eigenvalue weighted by atomic mass is 19.1. The lowest BCUT2D eigenvalue weighted by Gasteiger charge is -2.10. The number of aryl methyl sites for hydroxylation is 2. The zero-order chi connectivity index (χ0) is 21.8. The summed E-state index contributed by atoms with van der Waals surface area (Å²) >= 11 is 0. The standard InChI is InChI=1S/C29H28F2/c1-3-4-5-6-7-21-9-16-27-24(19-21)14-17-26(29(27)31)23-12-10-22(11-13-23)25-15-8-20(2)18-28(25)30/h8-19H,3-7H2,1-2H3. The molecule has 0 saturated heterocycles. The Balaban J connectivity index is 1.59. The molecular weight excluding hydrogens is 386 g/mol. The van der Waals surface area contributed by atoms with Crippen molar-refractivity contribution in [3.63, 3.8) is 0 Å². The van der Waals surface area contributed by atoms with Gasteiger partial charge in [-0.2, -0.15) is 0 Å². The lowest BCUT2D eigenvalue weighted by atomic mass is 9.96. The molecule has 0 fully saturated rings. The van der Waals surface area contributed by atoms with Crippen LogP contribution in [-0.4, -0.2) is 0 Å². The van der Waals surface area contributed by atoms with E-state index in [1.54, 1.807) is 6.07 Å². The minimum atomic E-state index is -0.241.